The molecule has 4 nitrogen and oxygen atoms in total. The van der Waals surface area contributed by atoms with Crippen molar-refractivity contribution >= 4 is 5.82 Å². The van der Waals surface area contributed by atoms with Crippen molar-refractivity contribution in [3.8, 4) is 11.4 Å². The third-order valence-corrected chi connectivity index (χ3v) is 3.57. The van der Waals surface area contributed by atoms with Gasteiger partial charge in [0.05, 0.1) is 11.3 Å². The Morgan fingerprint density at radius 3 is 2.57 bits per heavy atom. The molecule has 0 unspecified atom stereocenters. The van der Waals surface area contributed by atoms with Crippen molar-refractivity contribution in [2.75, 3.05) is 12.8 Å². The number of aromatic nitrogens is 2. The molecule has 4 heteroatoms. The molecule has 21 heavy (non-hydrogen) atoms. The molecule has 0 fully saturated rings. The first-order valence-electron chi connectivity index (χ1n) is 7.05. The van der Waals surface area contributed by atoms with Crippen molar-refractivity contribution in [3.05, 3.63) is 48.7 Å². The highest BCUT2D eigenvalue weighted by atomic mass is 16.5. The van der Waals surface area contributed by atoms with Gasteiger partial charge in [0.2, 0.25) is 0 Å². The second-order valence-corrected chi connectivity index (χ2v) is 5.67. The van der Waals surface area contributed by atoms with Gasteiger partial charge in [-0.2, -0.15) is 0 Å². The van der Waals surface area contributed by atoms with E-state index in [2.05, 4.69) is 6.58 Å². The Kier molecular flexibility index (Phi) is 4.48. The van der Waals surface area contributed by atoms with E-state index < -0.39 is 0 Å². The van der Waals surface area contributed by atoms with E-state index in [1.165, 1.54) is 0 Å². The van der Waals surface area contributed by atoms with Gasteiger partial charge in [0.25, 0.3) is 0 Å². The number of allylic oxidation sites excluding steroid dienone is 1. The maximum Gasteiger partial charge on any atom is 0.142 e. The highest BCUT2D eigenvalue weighted by Crippen LogP contribution is 2.27. The Bertz CT molecular complexity index is 614. The van der Waals surface area contributed by atoms with Gasteiger partial charge in [-0.25, -0.2) is 4.98 Å². The third kappa shape index (κ3) is 3.34. The molecular formula is C17H23N3O. The van der Waals surface area contributed by atoms with E-state index in [1.807, 2.05) is 54.8 Å². The number of nitrogens with two attached hydrogens (primary N) is 1. The van der Waals surface area contributed by atoms with Crippen LogP contribution in [0, 0.1) is 0 Å². The standard InChI is InChI=1S/C17H23N3O/c1-5-11-20-15(18)14(12-17(2,3)21-4)19-16(20)13-9-7-6-8-10-13/h5-10H,1,11-12,18H2,2-4H3. The minimum Gasteiger partial charge on any atom is -0.384 e. The van der Waals surface area contributed by atoms with E-state index in [0.717, 1.165) is 17.1 Å². The van der Waals surface area contributed by atoms with Crippen LogP contribution in [-0.2, 0) is 17.7 Å². The second-order valence-electron chi connectivity index (χ2n) is 5.67. The molecule has 2 rings (SSSR count). The van der Waals surface area contributed by atoms with Crippen LogP contribution in [0.1, 0.15) is 19.5 Å². The summed E-state index contributed by atoms with van der Waals surface area (Å²) in [5, 5.41) is 0. The Labute approximate surface area is 126 Å². The maximum absolute atomic E-state index is 6.29. The van der Waals surface area contributed by atoms with Crippen LogP contribution in [0.2, 0.25) is 0 Å². The van der Waals surface area contributed by atoms with Gasteiger partial charge in [0, 0.05) is 25.6 Å². The molecule has 0 saturated carbocycles. The molecule has 0 aliphatic carbocycles. The number of imidazole rings is 1. The predicted octanol–water partition coefficient (Wildman–Crippen LogP) is 3.29. The summed E-state index contributed by atoms with van der Waals surface area (Å²) in [7, 11) is 1.70. The van der Waals surface area contributed by atoms with Crippen molar-refractivity contribution in [2.24, 2.45) is 0 Å². The van der Waals surface area contributed by atoms with Gasteiger partial charge in [-0.3, -0.25) is 0 Å². The third-order valence-electron chi connectivity index (χ3n) is 3.57. The summed E-state index contributed by atoms with van der Waals surface area (Å²) in [6.07, 6.45) is 2.50. The molecule has 2 N–H and O–H groups in total. The first-order chi connectivity index (χ1) is 9.98. The Morgan fingerprint density at radius 1 is 1.33 bits per heavy atom. The molecule has 1 heterocycles. The summed E-state index contributed by atoms with van der Waals surface area (Å²) in [6, 6.07) is 10.1. The number of ether oxygens (including phenoxy) is 1. The summed E-state index contributed by atoms with van der Waals surface area (Å²) in [6.45, 7) is 8.50. The number of methoxy groups -OCH3 is 1. The quantitative estimate of drug-likeness (QED) is 0.829. The van der Waals surface area contributed by atoms with Crippen molar-refractivity contribution in [1.82, 2.24) is 9.55 Å². The van der Waals surface area contributed by atoms with E-state index in [1.54, 1.807) is 7.11 Å². The zero-order valence-electron chi connectivity index (χ0n) is 13.0. The monoisotopic (exact) mass is 285 g/mol. The summed E-state index contributed by atoms with van der Waals surface area (Å²) in [4.78, 5) is 4.74. The van der Waals surface area contributed by atoms with Crippen LogP contribution in [-0.4, -0.2) is 22.3 Å². The number of nitrogens with zero attached hydrogens (tertiary/aromatic N) is 2. The number of hydrogen-bond acceptors (Lipinski definition) is 3. The van der Waals surface area contributed by atoms with Gasteiger partial charge in [-0.15, -0.1) is 6.58 Å². The Hall–Kier alpha value is -2.07. The number of anilines is 1. The van der Waals surface area contributed by atoms with Crippen LogP contribution in [0.3, 0.4) is 0 Å². The predicted molar refractivity (Wildman–Crippen MR) is 87.1 cm³/mol. The van der Waals surface area contributed by atoms with Gasteiger partial charge < -0.3 is 15.0 Å². The van der Waals surface area contributed by atoms with E-state index in [9.17, 15) is 0 Å². The zero-order valence-corrected chi connectivity index (χ0v) is 13.0. The lowest BCUT2D eigenvalue weighted by Gasteiger charge is -2.21. The van der Waals surface area contributed by atoms with Crippen molar-refractivity contribution < 1.29 is 4.74 Å². The molecule has 1 aromatic carbocycles. The first-order valence-corrected chi connectivity index (χ1v) is 7.05. The van der Waals surface area contributed by atoms with Crippen molar-refractivity contribution in [2.45, 2.75) is 32.4 Å². The molecule has 0 saturated heterocycles. The normalized spacial score (nSPS) is 11.6. The van der Waals surface area contributed by atoms with Gasteiger partial charge >= 0.3 is 0 Å². The molecule has 0 radical (unpaired) electrons. The average Bonchev–Trinajstić information content (AvgIpc) is 2.77. The average molecular weight is 285 g/mol. The van der Waals surface area contributed by atoms with Gasteiger partial charge in [0.15, 0.2) is 0 Å². The van der Waals surface area contributed by atoms with Gasteiger partial charge in [-0.1, -0.05) is 36.4 Å². The van der Waals surface area contributed by atoms with E-state index in [4.69, 9.17) is 15.5 Å². The molecule has 0 aliphatic rings. The smallest absolute Gasteiger partial charge is 0.142 e. The summed E-state index contributed by atoms with van der Waals surface area (Å²) < 4.78 is 7.48. The Morgan fingerprint density at radius 2 is 2.00 bits per heavy atom. The van der Waals surface area contributed by atoms with E-state index >= 15 is 0 Å². The molecule has 1 aromatic heterocycles. The molecule has 0 atom stereocenters. The van der Waals surface area contributed by atoms with E-state index in [0.29, 0.717) is 18.8 Å². The van der Waals surface area contributed by atoms with E-state index in [-0.39, 0.29) is 5.60 Å². The SMILES string of the molecule is C=CCn1c(-c2ccccc2)nc(CC(C)(C)OC)c1N. The number of hydrogen-bond donors (Lipinski definition) is 1. The highest BCUT2D eigenvalue weighted by molar-refractivity contribution is 5.60. The number of rotatable bonds is 6. The summed E-state index contributed by atoms with van der Waals surface area (Å²) in [5.41, 5.74) is 7.90. The van der Waals surface area contributed by atoms with Crippen molar-refractivity contribution in [3.63, 3.8) is 0 Å². The lowest BCUT2D eigenvalue weighted by Crippen LogP contribution is -2.26. The highest BCUT2D eigenvalue weighted by Gasteiger charge is 2.23. The van der Waals surface area contributed by atoms with Crippen LogP contribution >= 0.6 is 0 Å². The maximum atomic E-state index is 6.29. The second kappa shape index (κ2) is 6.14. The topological polar surface area (TPSA) is 53.1 Å². The molecule has 112 valence electrons. The molecule has 0 spiro atoms. The Balaban J connectivity index is 2.48. The minimum absolute atomic E-state index is 0.296. The largest absolute Gasteiger partial charge is 0.384 e. The van der Waals surface area contributed by atoms with Crippen LogP contribution in [0.4, 0.5) is 5.82 Å². The number of benzene rings is 1. The lowest BCUT2D eigenvalue weighted by atomic mass is 10.0. The molecule has 2 aromatic rings. The molecule has 0 bridgehead atoms. The van der Waals surface area contributed by atoms with Crippen LogP contribution in [0.15, 0.2) is 43.0 Å². The number of nitrogen functional groups attached to an aromatic ring is 1. The van der Waals surface area contributed by atoms with Crippen LogP contribution < -0.4 is 5.73 Å². The van der Waals surface area contributed by atoms with Gasteiger partial charge in [0.1, 0.15) is 11.6 Å². The molecule has 0 amide bonds. The summed E-state index contributed by atoms with van der Waals surface area (Å²) in [5.74, 6) is 1.55. The van der Waals surface area contributed by atoms with Crippen molar-refractivity contribution in [1.29, 1.82) is 0 Å². The van der Waals surface area contributed by atoms with Crippen LogP contribution in [0.5, 0.6) is 0 Å². The van der Waals surface area contributed by atoms with Gasteiger partial charge in [-0.05, 0) is 13.8 Å². The minimum atomic E-state index is -0.296. The van der Waals surface area contributed by atoms with Crippen LogP contribution in [0.25, 0.3) is 11.4 Å². The molecular weight excluding hydrogens is 262 g/mol. The lowest BCUT2D eigenvalue weighted by molar-refractivity contribution is 0.0226. The summed E-state index contributed by atoms with van der Waals surface area (Å²) >= 11 is 0. The fraction of sp³-hybridized carbons (Fsp3) is 0.353. The zero-order chi connectivity index (χ0) is 15.5. The first kappa shape index (κ1) is 15.3. The fourth-order valence-corrected chi connectivity index (χ4v) is 2.24. The fourth-order valence-electron chi connectivity index (χ4n) is 2.24. The molecule has 0 aliphatic heterocycles.